The molecule has 0 radical (unpaired) electrons. The molecular weight excluding hydrogens is 346 g/mol. The van der Waals surface area contributed by atoms with Crippen molar-refractivity contribution in [2.45, 2.75) is 44.6 Å². The number of amides is 1. The molecule has 6 heteroatoms. The first kappa shape index (κ1) is 18.9. The molecule has 2 heterocycles. The van der Waals surface area contributed by atoms with E-state index >= 15 is 0 Å². The highest BCUT2D eigenvalue weighted by Gasteiger charge is 2.59. The lowest BCUT2D eigenvalue weighted by atomic mass is 9.85. The van der Waals surface area contributed by atoms with Gasteiger partial charge in [0.25, 0.3) is 0 Å². The summed E-state index contributed by atoms with van der Waals surface area (Å²) in [5.41, 5.74) is -1.11. The maximum absolute atomic E-state index is 12.7. The number of carbonyl (C=O) groups excluding carboxylic acids is 3. The van der Waals surface area contributed by atoms with Crippen molar-refractivity contribution in [3.8, 4) is 12.3 Å². The zero-order chi connectivity index (χ0) is 19.6. The summed E-state index contributed by atoms with van der Waals surface area (Å²) in [7, 11) is 0. The Bertz CT molecular complexity index is 825. The number of hydrogen-bond acceptors (Lipinski definition) is 5. The summed E-state index contributed by atoms with van der Waals surface area (Å²) in [4.78, 5) is 37.9. The molecule has 2 aliphatic heterocycles. The summed E-state index contributed by atoms with van der Waals surface area (Å²) in [6.07, 6.45) is 7.56. The van der Waals surface area contributed by atoms with Gasteiger partial charge in [0, 0.05) is 12.1 Å². The summed E-state index contributed by atoms with van der Waals surface area (Å²) < 4.78 is 11.8. The van der Waals surface area contributed by atoms with Crippen LogP contribution in [0.3, 0.4) is 0 Å². The molecule has 0 saturated carbocycles. The Hall–Kier alpha value is -2.91. The molecule has 1 fully saturated rings. The number of nitrogens with zero attached hydrogens (tertiary/aromatic N) is 1. The summed E-state index contributed by atoms with van der Waals surface area (Å²) in [5.74, 6) is 0.931. The van der Waals surface area contributed by atoms with E-state index in [1.54, 1.807) is 30.3 Å². The van der Waals surface area contributed by atoms with Gasteiger partial charge >= 0.3 is 5.97 Å². The van der Waals surface area contributed by atoms with E-state index in [9.17, 15) is 14.4 Å². The standard InChI is InChI=1S/C21H21NO5/c1-4-17-14(3)21(5-2,27-19(25)15-9-7-6-8-10-15)20(26-17)22-12-11-16(23)13-18(22)24/h2,6-12,14,17,20H,4,13H2,1,3H3/t14-,17-,20-,21-/m1/s1. The highest BCUT2D eigenvalue weighted by molar-refractivity contribution is 6.06. The molecule has 0 bridgehead atoms. The topological polar surface area (TPSA) is 72.9 Å². The average Bonchev–Trinajstić information content (AvgIpc) is 2.94. The Morgan fingerprint density at radius 1 is 1.37 bits per heavy atom. The Morgan fingerprint density at radius 2 is 2.07 bits per heavy atom. The van der Waals surface area contributed by atoms with Crippen LogP contribution in [0.4, 0.5) is 0 Å². The van der Waals surface area contributed by atoms with Crippen molar-refractivity contribution in [3.63, 3.8) is 0 Å². The monoisotopic (exact) mass is 367 g/mol. The van der Waals surface area contributed by atoms with Crippen LogP contribution >= 0.6 is 0 Å². The lowest BCUT2D eigenvalue weighted by molar-refractivity contribution is -0.152. The number of terminal acetylenes is 1. The van der Waals surface area contributed by atoms with E-state index in [4.69, 9.17) is 15.9 Å². The summed E-state index contributed by atoms with van der Waals surface area (Å²) >= 11 is 0. The number of benzene rings is 1. The van der Waals surface area contributed by atoms with Crippen molar-refractivity contribution in [1.82, 2.24) is 4.90 Å². The van der Waals surface area contributed by atoms with Gasteiger partial charge in [-0.15, -0.1) is 6.42 Å². The highest BCUT2D eigenvalue weighted by atomic mass is 16.6. The van der Waals surface area contributed by atoms with Gasteiger partial charge in [-0.2, -0.15) is 0 Å². The Morgan fingerprint density at radius 3 is 2.67 bits per heavy atom. The van der Waals surface area contributed by atoms with Crippen molar-refractivity contribution in [3.05, 3.63) is 48.2 Å². The minimum atomic E-state index is -1.46. The zero-order valence-electron chi connectivity index (χ0n) is 15.3. The molecule has 1 saturated heterocycles. The molecule has 2 aliphatic rings. The number of allylic oxidation sites excluding steroid dienone is 1. The molecule has 0 aromatic heterocycles. The second-order valence-corrected chi connectivity index (χ2v) is 6.68. The third-order valence-corrected chi connectivity index (χ3v) is 5.09. The van der Waals surface area contributed by atoms with E-state index < -0.39 is 23.7 Å². The minimum Gasteiger partial charge on any atom is -0.437 e. The largest absolute Gasteiger partial charge is 0.437 e. The van der Waals surface area contributed by atoms with Crippen molar-refractivity contribution >= 4 is 17.7 Å². The lowest BCUT2D eigenvalue weighted by Gasteiger charge is -2.37. The SMILES string of the molecule is C#C[C@@]1(OC(=O)c2ccccc2)[C@H](C)[C@@H](CC)O[C@H]1N1C=CC(=O)CC1=O. The van der Waals surface area contributed by atoms with E-state index in [1.165, 1.54) is 17.2 Å². The maximum Gasteiger partial charge on any atom is 0.339 e. The summed E-state index contributed by atoms with van der Waals surface area (Å²) in [6.45, 7) is 3.77. The zero-order valence-corrected chi connectivity index (χ0v) is 15.3. The smallest absolute Gasteiger partial charge is 0.339 e. The molecule has 27 heavy (non-hydrogen) atoms. The van der Waals surface area contributed by atoms with Crippen LogP contribution in [-0.2, 0) is 19.1 Å². The fourth-order valence-corrected chi connectivity index (χ4v) is 3.52. The fourth-order valence-electron chi connectivity index (χ4n) is 3.52. The number of hydrogen-bond donors (Lipinski definition) is 0. The van der Waals surface area contributed by atoms with Crippen LogP contribution in [-0.4, -0.2) is 40.5 Å². The van der Waals surface area contributed by atoms with E-state index in [1.807, 2.05) is 13.8 Å². The Kier molecular flexibility index (Phi) is 5.15. The lowest BCUT2D eigenvalue weighted by Crippen LogP contribution is -2.55. The second-order valence-electron chi connectivity index (χ2n) is 6.68. The van der Waals surface area contributed by atoms with Gasteiger partial charge in [-0.05, 0) is 24.6 Å². The highest BCUT2D eigenvalue weighted by Crippen LogP contribution is 2.43. The van der Waals surface area contributed by atoms with Crippen LogP contribution in [0.15, 0.2) is 42.6 Å². The van der Waals surface area contributed by atoms with Gasteiger partial charge in [0.05, 0.1) is 18.1 Å². The van der Waals surface area contributed by atoms with Crippen LogP contribution in [0.5, 0.6) is 0 Å². The van der Waals surface area contributed by atoms with Crippen LogP contribution in [0.2, 0.25) is 0 Å². The molecule has 0 aliphatic carbocycles. The van der Waals surface area contributed by atoms with E-state index in [2.05, 4.69) is 5.92 Å². The molecule has 1 aromatic carbocycles. The predicted octanol–water partition coefficient (Wildman–Crippen LogP) is 2.30. The molecule has 3 rings (SSSR count). The van der Waals surface area contributed by atoms with Crippen molar-refractivity contribution in [1.29, 1.82) is 0 Å². The molecule has 0 N–H and O–H groups in total. The van der Waals surface area contributed by atoms with Gasteiger partial charge in [0.1, 0.15) is 0 Å². The molecule has 0 spiro atoms. The maximum atomic E-state index is 12.7. The van der Waals surface area contributed by atoms with Crippen LogP contribution in [0, 0.1) is 18.3 Å². The molecule has 1 aromatic rings. The first-order chi connectivity index (χ1) is 12.9. The normalized spacial score (nSPS) is 30.3. The third kappa shape index (κ3) is 3.26. The summed E-state index contributed by atoms with van der Waals surface area (Å²) in [6, 6.07) is 8.50. The first-order valence-corrected chi connectivity index (χ1v) is 8.86. The quantitative estimate of drug-likeness (QED) is 0.464. The summed E-state index contributed by atoms with van der Waals surface area (Å²) in [5, 5.41) is 0. The molecular formula is C21H21NO5. The van der Waals surface area contributed by atoms with Crippen molar-refractivity contribution in [2.75, 3.05) is 0 Å². The minimum absolute atomic E-state index is 0.269. The first-order valence-electron chi connectivity index (χ1n) is 8.86. The van der Waals surface area contributed by atoms with Gasteiger partial charge < -0.3 is 9.47 Å². The molecule has 140 valence electrons. The van der Waals surface area contributed by atoms with E-state index in [0.717, 1.165) is 0 Å². The Balaban J connectivity index is 1.99. The Labute approximate surface area is 158 Å². The third-order valence-electron chi connectivity index (χ3n) is 5.09. The predicted molar refractivity (Wildman–Crippen MR) is 97.1 cm³/mol. The fraction of sp³-hybridized carbons (Fsp3) is 0.381. The van der Waals surface area contributed by atoms with Crippen LogP contribution in [0.1, 0.15) is 37.0 Å². The van der Waals surface area contributed by atoms with Crippen LogP contribution < -0.4 is 0 Å². The van der Waals surface area contributed by atoms with Crippen LogP contribution in [0.25, 0.3) is 0 Å². The van der Waals surface area contributed by atoms with E-state index in [0.29, 0.717) is 12.0 Å². The van der Waals surface area contributed by atoms with Crippen molar-refractivity contribution < 1.29 is 23.9 Å². The number of carbonyl (C=O) groups is 3. The van der Waals surface area contributed by atoms with Crippen molar-refractivity contribution in [2.24, 2.45) is 5.92 Å². The average molecular weight is 367 g/mol. The number of ether oxygens (including phenoxy) is 2. The number of esters is 1. The van der Waals surface area contributed by atoms with Gasteiger partial charge in [-0.1, -0.05) is 38.0 Å². The molecule has 1 amide bonds. The van der Waals surface area contributed by atoms with Gasteiger partial charge in [0.2, 0.25) is 11.5 Å². The van der Waals surface area contributed by atoms with Gasteiger partial charge in [-0.3, -0.25) is 14.5 Å². The van der Waals surface area contributed by atoms with Gasteiger partial charge in [0.15, 0.2) is 12.0 Å². The van der Waals surface area contributed by atoms with E-state index in [-0.39, 0.29) is 24.2 Å². The molecule has 4 atom stereocenters. The number of rotatable bonds is 4. The van der Waals surface area contributed by atoms with Gasteiger partial charge in [-0.25, -0.2) is 4.79 Å². The number of ketones is 1. The molecule has 0 unspecified atom stereocenters. The molecule has 6 nitrogen and oxygen atoms in total. The second kappa shape index (κ2) is 7.37.